The van der Waals surface area contributed by atoms with Crippen molar-refractivity contribution in [1.82, 2.24) is 4.98 Å². The second kappa shape index (κ2) is 10.8. The molecule has 0 unspecified atom stereocenters. The van der Waals surface area contributed by atoms with E-state index in [2.05, 4.69) is 36.4 Å². The molecule has 0 aliphatic carbocycles. The van der Waals surface area contributed by atoms with E-state index in [1.54, 1.807) is 48.7 Å². The van der Waals surface area contributed by atoms with Crippen LogP contribution >= 0.6 is 0 Å². The quantitative estimate of drug-likeness (QED) is 0.450. The molecule has 0 radical (unpaired) electrons. The van der Waals surface area contributed by atoms with Gasteiger partial charge in [-0.3, -0.25) is 14.6 Å². The number of nitrogens with zero attached hydrogens (tertiary/aromatic N) is 1. The summed E-state index contributed by atoms with van der Waals surface area (Å²) in [4.78, 5) is 29.7. The number of pyridine rings is 1. The standard InChI is InChI=1S/C27H31N3O4/c1-6-33-23-17-22(30-26(32)20-10-8-9-15-28-20)24(34-7-2)16-21(23)29-25(31)18-11-13-19(14-12-18)27(3,4)5/h8-17H,6-7H2,1-5H3,(H,29,31)(H,30,32). The molecule has 0 saturated carbocycles. The highest BCUT2D eigenvalue weighted by Gasteiger charge is 2.19. The molecule has 3 rings (SSSR count). The number of nitrogens with one attached hydrogen (secondary N) is 2. The Labute approximate surface area is 200 Å². The first-order chi connectivity index (χ1) is 16.2. The molecule has 3 aromatic rings. The van der Waals surface area contributed by atoms with Gasteiger partial charge in [0.15, 0.2) is 0 Å². The third-order valence-electron chi connectivity index (χ3n) is 5.09. The molecule has 178 valence electrons. The minimum atomic E-state index is -0.375. The monoisotopic (exact) mass is 461 g/mol. The SMILES string of the molecule is CCOc1cc(NC(=O)c2ccccn2)c(OCC)cc1NC(=O)c1ccc(C(C)(C)C)cc1. The van der Waals surface area contributed by atoms with Gasteiger partial charge in [-0.25, -0.2) is 0 Å². The van der Waals surface area contributed by atoms with Gasteiger partial charge in [-0.05, 0) is 49.1 Å². The lowest BCUT2D eigenvalue weighted by Crippen LogP contribution is -2.17. The van der Waals surface area contributed by atoms with E-state index in [0.29, 0.717) is 41.7 Å². The minimum absolute atomic E-state index is 0.000923. The van der Waals surface area contributed by atoms with Gasteiger partial charge >= 0.3 is 0 Å². The number of aromatic nitrogens is 1. The maximum Gasteiger partial charge on any atom is 0.274 e. The zero-order chi connectivity index (χ0) is 24.7. The lowest BCUT2D eigenvalue weighted by atomic mass is 9.87. The van der Waals surface area contributed by atoms with Gasteiger partial charge in [0.2, 0.25) is 0 Å². The van der Waals surface area contributed by atoms with Crippen LogP contribution in [0.1, 0.15) is 61.0 Å². The zero-order valence-corrected chi connectivity index (χ0v) is 20.3. The molecule has 0 aliphatic rings. The largest absolute Gasteiger partial charge is 0.492 e. The predicted octanol–water partition coefficient (Wildman–Crippen LogP) is 5.68. The molecule has 0 spiro atoms. The molecule has 0 fully saturated rings. The summed E-state index contributed by atoms with van der Waals surface area (Å²) in [5.41, 5.74) is 2.82. The lowest BCUT2D eigenvalue weighted by molar-refractivity contribution is 0.101. The topological polar surface area (TPSA) is 89.6 Å². The fraction of sp³-hybridized carbons (Fsp3) is 0.296. The molecule has 0 bridgehead atoms. The summed E-state index contributed by atoms with van der Waals surface area (Å²) >= 11 is 0. The third kappa shape index (κ3) is 6.13. The molecular formula is C27H31N3O4. The Balaban J connectivity index is 1.89. The maximum atomic E-state index is 13.0. The summed E-state index contributed by atoms with van der Waals surface area (Å²) in [6.07, 6.45) is 1.55. The normalized spacial score (nSPS) is 11.0. The first-order valence-electron chi connectivity index (χ1n) is 11.3. The summed E-state index contributed by atoms with van der Waals surface area (Å²) in [6.45, 7) is 10.8. The Bertz CT molecular complexity index is 1140. The summed E-state index contributed by atoms with van der Waals surface area (Å²) in [5, 5.41) is 5.74. The van der Waals surface area contributed by atoms with Crippen molar-refractivity contribution < 1.29 is 19.1 Å². The Morgan fingerprint density at radius 3 is 1.85 bits per heavy atom. The van der Waals surface area contributed by atoms with Gasteiger partial charge in [-0.15, -0.1) is 0 Å². The van der Waals surface area contributed by atoms with E-state index in [9.17, 15) is 9.59 Å². The summed E-state index contributed by atoms with van der Waals surface area (Å²) in [6, 6.07) is 15.9. The first-order valence-corrected chi connectivity index (χ1v) is 11.3. The maximum absolute atomic E-state index is 13.0. The highest BCUT2D eigenvalue weighted by Crippen LogP contribution is 2.37. The van der Waals surface area contributed by atoms with Gasteiger partial charge < -0.3 is 20.1 Å². The van der Waals surface area contributed by atoms with Gasteiger partial charge in [0, 0.05) is 23.9 Å². The van der Waals surface area contributed by atoms with Crippen molar-refractivity contribution in [2.45, 2.75) is 40.0 Å². The van der Waals surface area contributed by atoms with Crippen molar-refractivity contribution in [3.63, 3.8) is 0 Å². The highest BCUT2D eigenvalue weighted by atomic mass is 16.5. The van der Waals surface area contributed by atoms with Crippen molar-refractivity contribution in [3.8, 4) is 11.5 Å². The molecule has 2 N–H and O–H groups in total. The van der Waals surface area contributed by atoms with E-state index < -0.39 is 0 Å². The zero-order valence-electron chi connectivity index (χ0n) is 20.3. The van der Waals surface area contributed by atoms with Crippen LogP contribution in [-0.2, 0) is 5.41 Å². The minimum Gasteiger partial charge on any atom is -0.492 e. The number of carbonyl (C=O) groups excluding carboxylic acids is 2. The van der Waals surface area contributed by atoms with Crippen molar-refractivity contribution in [3.05, 3.63) is 77.6 Å². The molecule has 2 aromatic carbocycles. The number of benzene rings is 2. The first kappa shape index (κ1) is 24.8. The molecule has 0 saturated heterocycles. The predicted molar refractivity (Wildman–Crippen MR) is 134 cm³/mol. The van der Waals surface area contributed by atoms with Crippen LogP contribution in [-0.4, -0.2) is 30.0 Å². The van der Waals surface area contributed by atoms with Crippen LogP contribution in [0.5, 0.6) is 11.5 Å². The number of ether oxygens (including phenoxy) is 2. The molecule has 1 heterocycles. The summed E-state index contributed by atoms with van der Waals surface area (Å²) < 4.78 is 11.5. The van der Waals surface area contributed by atoms with Crippen LogP contribution in [0, 0.1) is 0 Å². The molecule has 34 heavy (non-hydrogen) atoms. The van der Waals surface area contributed by atoms with E-state index in [0.717, 1.165) is 5.56 Å². The van der Waals surface area contributed by atoms with Crippen molar-refractivity contribution in [2.24, 2.45) is 0 Å². The van der Waals surface area contributed by atoms with Crippen LogP contribution in [0.15, 0.2) is 60.8 Å². The number of amides is 2. The Hall–Kier alpha value is -3.87. The van der Waals surface area contributed by atoms with Gasteiger partial charge in [0.05, 0.1) is 24.6 Å². The molecule has 1 aromatic heterocycles. The number of anilines is 2. The highest BCUT2D eigenvalue weighted by molar-refractivity contribution is 6.07. The van der Waals surface area contributed by atoms with Crippen LogP contribution in [0.3, 0.4) is 0 Å². The van der Waals surface area contributed by atoms with Crippen LogP contribution in [0.2, 0.25) is 0 Å². The fourth-order valence-corrected chi connectivity index (χ4v) is 3.30. The van der Waals surface area contributed by atoms with Crippen molar-refractivity contribution in [1.29, 1.82) is 0 Å². The molecular weight excluding hydrogens is 430 g/mol. The third-order valence-corrected chi connectivity index (χ3v) is 5.09. The number of hydrogen-bond donors (Lipinski definition) is 2. The smallest absolute Gasteiger partial charge is 0.274 e. The second-order valence-corrected chi connectivity index (χ2v) is 8.66. The van der Waals surface area contributed by atoms with Crippen LogP contribution < -0.4 is 20.1 Å². The lowest BCUT2D eigenvalue weighted by Gasteiger charge is -2.19. The van der Waals surface area contributed by atoms with Crippen molar-refractivity contribution in [2.75, 3.05) is 23.8 Å². The van der Waals surface area contributed by atoms with E-state index in [1.807, 2.05) is 26.0 Å². The molecule has 7 heteroatoms. The van der Waals surface area contributed by atoms with Gasteiger partial charge in [0.1, 0.15) is 17.2 Å². The fourth-order valence-electron chi connectivity index (χ4n) is 3.30. The van der Waals surface area contributed by atoms with Gasteiger partial charge in [-0.1, -0.05) is 39.0 Å². The Morgan fingerprint density at radius 2 is 1.38 bits per heavy atom. The molecule has 7 nitrogen and oxygen atoms in total. The van der Waals surface area contributed by atoms with E-state index >= 15 is 0 Å². The van der Waals surface area contributed by atoms with Gasteiger partial charge in [-0.2, -0.15) is 0 Å². The number of hydrogen-bond acceptors (Lipinski definition) is 5. The van der Waals surface area contributed by atoms with Crippen LogP contribution in [0.4, 0.5) is 11.4 Å². The molecule has 2 amide bonds. The number of rotatable bonds is 8. The second-order valence-electron chi connectivity index (χ2n) is 8.66. The number of carbonyl (C=O) groups is 2. The summed E-state index contributed by atoms with van der Waals surface area (Å²) in [7, 11) is 0. The Kier molecular flexibility index (Phi) is 7.89. The average Bonchev–Trinajstić information content (AvgIpc) is 2.82. The molecule has 0 atom stereocenters. The van der Waals surface area contributed by atoms with E-state index in [4.69, 9.17) is 9.47 Å². The van der Waals surface area contributed by atoms with E-state index in [-0.39, 0.29) is 22.9 Å². The van der Waals surface area contributed by atoms with E-state index in [1.165, 1.54) is 0 Å². The average molecular weight is 462 g/mol. The molecule has 0 aliphatic heterocycles. The van der Waals surface area contributed by atoms with Gasteiger partial charge in [0.25, 0.3) is 11.8 Å². The van der Waals surface area contributed by atoms with Crippen LogP contribution in [0.25, 0.3) is 0 Å². The van der Waals surface area contributed by atoms with Crippen molar-refractivity contribution >= 4 is 23.2 Å². The summed E-state index contributed by atoms with van der Waals surface area (Å²) in [5.74, 6) is 0.185. The Morgan fingerprint density at radius 1 is 0.824 bits per heavy atom.